The van der Waals surface area contributed by atoms with Crippen molar-refractivity contribution in [3.8, 4) is 23.0 Å². The van der Waals surface area contributed by atoms with E-state index in [1.54, 1.807) is 0 Å². The smallest absolute Gasteiger partial charge is 0.411 e. The third-order valence-electron chi connectivity index (χ3n) is 8.44. The lowest BCUT2D eigenvalue weighted by Crippen LogP contribution is -2.54. The first kappa shape index (κ1) is 34.7. The maximum Gasteiger partial charge on any atom is 0.411 e. The van der Waals surface area contributed by atoms with Gasteiger partial charge in [0.15, 0.2) is 5.75 Å². The Morgan fingerprint density at radius 3 is 1.56 bits per heavy atom. The maximum atomic E-state index is 15.0. The van der Waals surface area contributed by atoms with Gasteiger partial charge in [-0.1, -0.05) is 18.2 Å². The second kappa shape index (κ2) is 12.0. The van der Waals surface area contributed by atoms with Crippen LogP contribution in [0.25, 0.3) is 0 Å². The zero-order chi connectivity index (χ0) is 36.5. The summed E-state index contributed by atoms with van der Waals surface area (Å²) in [5.41, 5.74) is -8.41. The lowest BCUT2D eigenvalue weighted by molar-refractivity contribution is -0.288. The average molecular weight is 735 g/mol. The Kier molecular flexibility index (Phi) is 8.34. The van der Waals surface area contributed by atoms with Crippen molar-refractivity contribution in [2.24, 2.45) is 0 Å². The highest BCUT2D eigenvalue weighted by atomic mass is 32.1. The number of amides is 4. The molecule has 2 aliphatic heterocycles. The van der Waals surface area contributed by atoms with Crippen molar-refractivity contribution in [3.63, 3.8) is 0 Å². The van der Waals surface area contributed by atoms with E-state index < -0.39 is 64.0 Å². The summed E-state index contributed by atoms with van der Waals surface area (Å²) in [6, 6.07) is 11.5. The SMILES string of the molecule is Cc1cc(C(c2ccc(OS)c(N3C(=O)c4ccc(Oc5ccc6c(c5)C(=O)N(C)C6=O)cc4C3=O)c2)(C(F)(F)F)C(F)(F)F)ccc1OS. The highest BCUT2D eigenvalue weighted by Crippen LogP contribution is 2.57. The second-order valence-corrected chi connectivity index (χ2v) is 11.6. The molecule has 4 aromatic carbocycles. The van der Waals surface area contributed by atoms with Crippen LogP contribution in [-0.4, -0.2) is 47.9 Å². The minimum absolute atomic E-state index is 0.0200. The summed E-state index contributed by atoms with van der Waals surface area (Å²) in [4.78, 5) is 53.2. The Morgan fingerprint density at radius 1 is 0.580 bits per heavy atom. The molecule has 0 fully saturated rings. The molecule has 6 rings (SSSR count). The summed E-state index contributed by atoms with van der Waals surface area (Å²) in [6.07, 6.45) is -12.0. The van der Waals surface area contributed by atoms with Gasteiger partial charge >= 0.3 is 12.4 Å². The number of ether oxygens (including phenoxy) is 1. The number of fused-ring (bicyclic) bond motifs is 2. The van der Waals surface area contributed by atoms with Crippen molar-refractivity contribution >= 4 is 55.1 Å². The van der Waals surface area contributed by atoms with Gasteiger partial charge in [-0.2, -0.15) is 26.3 Å². The van der Waals surface area contributed by atoms with Gasteiger partial charge in [0.05, 0.1) is 27.9 Å². The van der Waals surface area contributed by atoms with Crippen LogP contribution in [0.2, 0.25) is 0 Å². The zero-order valence-corrected chi connectivity index (χ0v) is 27.1. The van der Waals surface area contributed by atoms with Gasteiger partial charge in [-0.15, -0.1) is 0 Å². The van der Waals surface area contributed by atoms with Crippen LogP contribution in [0.4, 0.5) is 32.0 Å². The number of anilines is 1. The largest absolute Gasteiger partial charge is 0.457 e. The van der Waals surface area contributed by atoms with Crippen molar-refractivity contribution < 1.29 is 58.6 Å². The van der Waals surface area contributed by atoms with Crippen LogP contribution >= 0.6 is 25.8 Å². The van der Waals surface area contributed by atoms with Gasteiger partial charge in [0.25, 0.3) is 23.6 Å². The predicted molar refractivity (Wildman–Crippen MR) is 170 cm³/mol. The van der Waals surface area contributed by atoms with E-state index >= 15 is 0 Å². The first-order chi connectivity index (χ1) is 23.5. The molecule has 0 spiro atoms. The van der Waals surface area contributed by atoms with Crippen LogP contribution < -0.4 is 18.0 Å². The van der Waals surface area contributed by atoms with Crippen molar-refractivity contribution in [2.75, 3.05) is 11.9 Å². The van der Waals surface area contributed by atoms with E-state index in [-0.39, 0.29) is 45.1 Å². The fraction of sp³-hybridized carbons (Fsp3) is 0.152. The van der Waals surface area contributed by atoms with Gasteiger partial charge in [0, 0.05) is 32.9 Å². The van der Waals surface area contributed by atoms with E-state index in [1.807, 2.05) is 0 Å². The van der Waals surface area contributed by atoms with E-state index in [4.69, 9.17) is 13.1 Å². The number of benzene rings is 4. The van der Waals surface area contributed by atoms with E-state index in [9.17, 15) is 45.5 Å². The molecule has 258 valence electrons. The fourth-order valence-electron chi connectivity index (χ4n) is 6.01. The van der Waals surface area contributed by atoms with E-state index in [2.05, 4.69) is 25.8 Å². The summed E-state index contributed by atoms with van der Waals surface area (Å²) < 4.78 is 105. The molecule has 0 atom stereocenters. The highest BCUT2D eigenvalue weighted by molar-refractivity contribution is 7.75. The number of hydrogen-bond acceptors (Lipinski definition) is 9. The summed E-state index contributed by atoms with van der Waals surface area (Å²) in [5.74, 6) is -3.79. The van der Waals surface area contributed by atoms with E-state index in [0.29, 0.717) is 29.2 Å². The lowest BCUT2D eigenvalue weighted by atomic mass is 9.72. The zero-order valence-electron chi connectivity index (χ0n) is 25.3. The van der Waals surface area contributed by atoms with Crippen LogP contribution in [0.15, 0.2) is 72.8 Å². The molecule has 0 unspecified atom stereocenters. The molecule has 4 aromatic rings. The third-order valence-corrected chi connectivity index (χ3v) is 8.84. The van der Waals surface area contributed by atoms with Crippen LogP contribution in [0.5, 0.6) is 23.0 Å². The number of thiol groups is 2. The Hall–Kier alpha value is -5.16. The maximum absolute atomic E-state index is 15.0. The molecule has 17 heteroatoms. The topological polar surface area (TPSA) is 102 Å². The lowest BCUT2D eigenvalue weighted by Gasteiger charge is -2.39. The Balaban J connectivity index is 1.43. The molecule has 0 saturated heterocycles. The normalized spacial score (nSPS) is 14.7. The molecule has 0 N–H and O–H groups in total. The molecule has 0 aliphatic carbocycles. The Labute approximate surface area is 289 Å². The fourth-order valence-corrected chi connectivity index (χ4v) is 6.37. The number of nitrogens with zero attached hydrogens (tertiary/aromatic N) is 2. The molecule has 0 aromatic heterocycles. The molecule has 0 bridgehead atoms. The quantitative estimate of drug-likeness (QED) is 0.0870. The molecule has 9 nitrogen and oxygen atoms in total. The van der Waals surface area contributed by atoms with Gasteiger partial charge in [0.2, 0.25) is 5.41 Å². The van der Waals surface area contributed by atoms with Gasteiger partial charge in [-0.25, -0.2) is 4.90 Å². The molecule has 0 radical (unpaired) electrons. The van der Waals surface area contributed by atoms with Gasteiger partial charge in [-0.05, 0) is 78.2 Å². The van der Waals surface area contributed by atoms with Crippen molar-refractivity contribution in [3.05, 3.63) is 112 Å². The molecule has 2 heterocycles. The van der Waals surface area contributed by atoms with Crippen LogP contribution in [-0.2, 0) is 5.41 Å². The van der Waals surface area contributed by atoms with Crippen molar-refractivity contribution in [1.82, 2.24) is 4.90 Å². The average Bonchev–Trinajstić information content (AvgIpc) is 3.42. The summed E-state index contributed by atoms with van der Waals surface area (Å²) in [5, 5.41) is 0. The molecule has 2 aliphatic rings. The van der Waals surface area contributed by atoms with Crippen LogP contribution in [0, 0.1) is 6.92 Å². The molecular weight excluding hydrogens is 714 g/mol. The first-order valence-corrected chi connectivity index (χ1v) is 14.9. The molecule has 50 heavy (non-hydrogen) atoms. The van der Waals surface area contributed by atoms with Crippen LogP contribution in [0.3, 0.4) is 0 Å². The minimum atomic E-state index is -6.00. The standard InChI is InChI=1S/C33H20F6N2O7S2/c1-15-11-16(3-9-25(15)47-49)31(32(34,35)36,33(37,38)39)17-4-10-26(48-50)24(12-17)41-29(44)21-8-6-19(14-23(21)30(41)45)46-18-5-7-20-22(13-18)28(43)40(2)27(20)42/h3-14,49-50H,1-2H3. The third kappa shape index (κ3) is 5.14. The summed E-state index contributed by atoms with van der Waals surface area (Å²) >= 11 is 7.23. The van der Waals surface area contributed by atoms with E-state index in [0.717, 1.165) is 23.1 Å². The van der Waals surface area contributed by atoms with Crippen molar-refractivity contribution in [1.29, 1.82) is 0 Å². The van der Waals surface area contributed by atoms with Gasteiger partial charge < -0.3 is 13.1 Å². The molecule has 0 saturated carbocycles. The first-order valence-electron chi connectivity index (χ1n) is 14.1. The van der Waals surface area contributed by atoms with Crippen LogP contribution in [0.1, 0.15) is 58.1 Å². The number of halogens is 6. The van der Waals surface area contributed by atoms with Gasteiger partial charge in [-0.3, -0.25) is 24.1 Å². The Bertz CT molecular complexity index is 2120. The van der Waals surface area contributed by atoms with Gasteiger partial charge in [0.1, 0.15) is 17.2 Å². The number of hydrogen-bond donors (Lipinski definition) is 2. The van der Waals surface area contributed by atoms with Crippen molar-refractivity contribution in [2.45, 2.75) is 24.7 Å². The highest BCUT2D eigenvalue weighted by Gasteiger charge is 2.72. The number of carbonyl (C=O) groups excluding carboxylic acids is 4. The molecular formula is C33H20F6N2O7S2. The van der Waals surface area contributed by atoms with E-state index in [1.165, 1.54) is 44.3 Å². The number of aryl methyl sites for hydroxylation is 1. The number of rotatable bonds is 7. The second-order valence-electron chi connectivity index (χ2n) is 11.2. The predicted octanol–water partition coefficient (Wildman–Crippen LogP) is 7.67. The summed E-state index contributed by atoms with van der Waals surface area (Å²) in [6.45, 7) is 1.23. The number of carbonyl (C=O) groups is 4. The summed E-state index contributed by atoms with van der Waals surface area (Å²) in [7, 11) is 1.31. The molecule has 4 amide bonds. The number of alkyl halides is 6. The Morgan fingerprint density at radius 2 is 1.04 bits per heavy atom. The monoisotopic (exact) mass is 734 g/mol. The number of imide groups is 2. The minimum Gasteiger partial charge on any atom is -0.457 e.